The molecular formula is C24H23N5O2. The van der Waals surface area contributed by atoms with Crippen LogP contribution in [0.1, 0.15) is 28.5 Å². The van der Waals surface area contributed by atoms with Crippen molar-refractivity contribution in [2.75, 3.05) is 6.61 Å². The Kier molecular flexibility index (Phi) is 6.03. The van der Waals surface area contributed by atoms with Crippen LogP contribution >= 0.6 is 0 Å². The van der Waals surface area contributed by atoms with Crippen molar-refractivity contribution in [3.63, 3.8) is 0 Å². The van der Waals surface area contributed by atoms with Gasteiger partial charge in [0, 0.05) is 24.5 Å². The smallest absolute Gasteiger partial charge is 0.274 e. The van der Waals surface area contributed by atoms with E-state index in [0.717, 1.165) is 28.1 Å². The van der Waals surface area contributed by atoms with Crippen LogP contribution in [0, 0.1) is 6.92 Å². The first-order chi connectivity index (χ1) is 15.2. The molecule has 4 aromatic rings. The summed E-state index contributed by atoms with van der Waals surface area (Å²) in [7, 11) is 0. The quantitative estimate of drug-likeness (QED) is 0.496. The summed E-state index contributed by atoms with van der Waals surface area (Å²) in [4.78, 5) is 17.2. The molecular weight excluding hydrogens is 390 g/mol. The van der Waals surface area contributed by atoms with E-state index >= 15 is 0 Å². The number of benzene rings is 2. The molecule has 0 aliphatic rings. The molecule has 0 aliphatic carbocycles. The molecule has 31 heavy (non-hydrogen) atoms. The van der Waals surface area contributed by atoms with Crippen molar-refractivity contribution in [1.29, 1.82) is 0 Å². The highest BCUT2D eigenvalue weighted by molar-refractivity contribution is 5.98. The average Bonchev–Trinajstić information content (AvgIpc) is 3.24. The summed E-state index contributed by atoms with van der Waals surface area (Å²) in [6.07, 6.45) is 3.37. The van der Waals surface area contributed by atoms with E-state index in [0.29, 0.717) is 18.8 Å². The summed E-state index contributed by atoms with van der Waals surface area (Å²) in [6.45, 7) is 4.88. The van der Waals surface area contributed by atoms with Crippen LogP contribution in [0.15, 0.2) is 73.1 Å². The highest BCUT2D eigenvalue weighted by Crippen LogP contribution is 2.26. The van der Waals surface area contributed by atoms with E-state index in [1.807, 2.05) is 74.5 Å². The lowest BCUT2D eigenvalue weighted by atomic mass is 10.1. The maximum Gasteiger partial charge on any atom is 0.274 e. The van der Waals surface area contributed by atoms with E-state index in [2.05, 4.69) is 20.6 Å². The zero-order valence-corrected chi connectivity index (χ0v) is 17.4. The Bertz CT molecular complexity index is 1190. The van der Waals surface area contributed by atoms with Gasteiger partial charge in [-0.2, -0.15) is 0 Å². The fourth-order valence-corrected chi connectivity index (χ4v) is 3.35. The van der Waals surface area contributed by atoms with Gasteiger partial charge in [-0.25, -0.2) is 4.68 Å². The Morgan fingerprint density at radius 2 is 1.87 bits per heavy atom. The lowest BCUT2D eigenvalue weighted by molar-refractivity contribution is 0.0946. The first-order valence-electron chi connectivity index (χ1n) is 10.1. The van der Waals surface area contributed by atoms with Crippen molar-refractivity contribution >= 4 is 5.91 Å². The molecule has 2 aromatic carbocycles. The molecule has 0 bridgehead atoms. The third kappa shape index (κ3) is 4.45. The van der Waals surface area contributed by atoms with Crippen LogP contribution < -0.4 is 10.1 Å². The molecule has 7 nitrogen and oxygen atoms in total. The van der Waals surface area contributed by atoms with E-state index in [4.69, 9.17) is 4.74 Å². The van der Waals surface area contributed by atoms with E-state index in [9.17, 15) is 4.79 Å². The first-order valence-corrected chi connectivity index (χ1v) is 10.1. The number of nitrogens with one attached hydrogen (secondary N) is 1. The summed E-state index contributed by atoms with van der Waals surface area (Å²) in [6, 6.07) is 19.2. The minimum atomic E-state index is -0.298. The number of aromatic nitrogens is 4. The van der Waals surface area contributed by atoms with Gasteiger partial charge in [-0.1, -0.05) is 35.5 Å². The molecule has 0 fully saturated rings. The average molecular weight is 413 g/mol. The maximum absolute atomic E-state index is 13.1. The van der Waals surface area contributed by atoms with Crippen molar-refractivity contribution < 1.29 is 9.53 Å². The number of hydrogen-bond donors (Lipinski definition) is 1. The van der Waals surface area contributed by atoms with Crippen molar-refractivity contribution in [3.8, 4) is 22.7 Å². The Balaban J connectivity index is 1.66. The lowest BCUT2D eigenvalue weighted by Gasteiger charge is -2.11. The van der Waals surface area contributed by atoms with Crippen LogP contribution in [0.3, 0.4) is 0 Å². The van der Waals surface area contributed by atoms with Gasteiger partial charge in [0.05, 0.1) is 12.3 Å². The standard InChI is InChI=1S/C24H23N5O2/c1-3-31-20-9-6-8-18(15-20)16-26-24(30)22-23(19-11-13-25-14-12-19)29(28-27-22)21-10-5-4-7-17(21)2/h4-15H,3,16H2,1-2H3,(H,26,30). The molecule has 0 aliphatic heterocycles. The van der Waals surface area contributed by atoms with E-state index in [-0.39, 0.29) is 11.6 Å². The van der Waals surface area contributed by atoms with Crippen molar-refractivity contribution in [3.05, 3.63) is 89.9 Å². The first kappa shape index (κ1) is 20.3. The van der Waals surface area contributed by atoms with Crippen LogP contribution in [0.5, 0.6) is 5.75 Å². The summed E-state index contributed by atoms with van der Waals surface area (Å²) >= 11 is 0. The van der Waals surface area contributed by atoms with Gasteiger partial charge < -0.3 is 10.1 Å². The third-order valence-electron chi connectivity index (χ3n) is 4.85. The Morgan fingerprint density at radius 3 is 2.65 bits per heavy atom. The van der Waals surface area contributed by atoms with Crippen LogP contribution in [-0.2, 0) is 6.54 Å². The fourth-order valence-electron chi connectivity index (χ4n) is 3.35. The van der Waals surface area contributed by atoms with Crippen LogP contribution in [-0.4, -0.2) is 32.5 Å². The molecule has 2 aromatic heterocycles. The number of pyridine rings is 1. The number of carbonyl (C=O) groups excluding carboxylic acids is 1. The number of hydrogen-bond acceptors (Lipinski definition) is 5. The molecule has 0 atom stereocenters. The van der Waals surface area contributed by atoms with Gasteiger partial charge in [-0.15, -0.1) is 5.10 Å². The van der Waals surface area contributed by atoms with Gasteiger partial charge in [-0.3, -0.25) is 9.78 Å². The number of aryl methyl sites for hydroxylation is 1. The molecule has 4 rings (SSSR count). The second-order valence-corrected chi connectivity index (χ2v) is 6.98. The predicted molar refractivity (Wildman–Crippen MR) is 118 cm³/mol. The third-order valence-corrected chi connectivity index (χ3v) is 4.85. The molecule has 0 saturated carbocycles. The lowest BCUT2D eigenvalue weighted by Crippen LogP contribution is -2.24. The Morgan fingerprint density at radius 1 is 1.06 bits per heavy atom. The molecule has 2 heterocycles. The van der Waals surface area contributed by atoms with Gasteiger partial charge >= 0.3 is 0 Å². The minimum absolute atomic E-state index is 0.260. The van der Waals surface area contributed by atoms with Gasteiger partial charge in [0.15, 0.2) is 5.69 Å². The number of carbonyl (C=O) groups is 1. The van der Waals surface area contributed by atoms with E-state index in [1.54, 1.807) is 17.1 Å². The molecule has 0 unspecified atom stereocenters. The number of amides is 1. The van der Waals surface area contributed by atoms with Crippen LogP contribution in [0.25, 0.3) is 16.9 Å². The largest absolute Gasteiger partial charge is 0.494 e. The fraction of sp³-hybridized carbons (Fsp3) is 0.167. The molecule has 156 valence electrons. The molecule has 1 amide bonds. The van der Waals surface area contributed by atoms with Gasteiger partial charge in [0.1, 0.15) is 11.4 Å². The van der Waals surface area contributed by atoms with Crippen LogP contribution in [0.4, 0.5) is 0 Å². The molecule has 1 N–H and O–H groups in total. The number of nitrogens with zero attached hydrogens (tertiary/aromatic N) is 4. The van der Waals surface area contributed by atoms with Crippen molar-refractivity contribution in [1.82, 2.24) is 25.3 Å². The topological polar surface area (TPSA) is 81.9 Å². The van der Waals surface area contributed by atoms with Gasteiger partial charge in [0.25, 0.3) is 5.91 Å². The highest BCUT2D eigenvalue weighted by Gasteiger charge is 2.22. The SMILES string of the molecule is CCOc1cccc(CNC(=O)c2nnn(-c3ccccc3C)c2-c2ccncc2)c1. The van der Waals surface area contributed by atoms with E-state index < -0.39 is 0 Å². The van der Waals surface area contributed by atoms with Gasteiger partial charge in [-0.05, 0) is 55.3 Å². The van der Waals surface area contributed by atoms with Crippen LogP contribution in [0.2, 0.25) is 0 Å². The zero-order valence-electron chi connectivity index (χ0n) is 17.4. The second-order valence-electron chi connectivity index (χ2n) is 6.98. The number of rotatable bonds is 7. The van der Waals surface area contributed by atoms with Crippen molar-refractivity contribution in [2.24, 2.45) is 0 Å². The molecule has 0 spiro atoms. The monoisotopic (exact) mass is 413 g/mol. The Hall–Kier alpha value is -4.00. The summed E-state index contributed by atoms with van der Waals surface area (Å²) in [5, 5.41) is 11.5. The molecule has 7 heteroatoms. The minimum Gasteiger partial charge on any atom is -0.494 e. The normalized spacial score (nSPS) is 10.6. The molecule has 0 radical (unpaired) electrons. The summed E-state index contributed by atoms with van der Waals surface area (Å²) in [5.74, 6) is 0.477. The number of para-hydroxylation sites is 1. The zero-order chi connectivity index (χ0) is 21.6. The van der Waals surface area contributed by atoms with Crippen molar-refractivity contribution in [2.45, 2.75) is 20.4 Å². The van der Waals surface area contributed by atoms with E-state index in [1.165, 1.54) is 0 Å². The molecule has 0 saturated heterocycles. The summed E-state index contributed by atoms with van der Waals surface area (Å²) < 4.78 is 7.24. The maximum atomic E-state index is 13.1. The summed E-state index contributed by atoms with van der Waals surface area (Å²) in [5.41, 5.74) is 4.53. The highest BCUT2D eigenvalue weighted by atomic mass is 16.5. The second kappa shape index (κ2) is 9.21. The van der Waals surface area contributed by atoms with Gasteiger partial charge in [0.2, 0.25) is 0 Å². The Labute approximate surface area is 180 Å². The predicted octanol–water partition coefficient (Wildman–Crippen LogP) is 3.97. The number of ether oxygens (including phenoxy) is 1.